The monoisotopic (exact) mass is 779 g/mol. The number of hydrogen-bond donors (Lipinski definition) is 4. The highest BCUT2D eigenvalue weighted by Crippen LogP contribution is 2.29. The number of nitrogens with two attached hydrogens (primary N) is 1. The van der Waals surface area contributed by atoms with Crippen LogP contribution in [-0.4, -0.2) is 134 Å². The zero-order chi connectivity index (χ0) is 40.7. The van der Waals surface area contributed by atoms with Crippen LogP contribution in [0.4, 0.5) is 0 Å². The van der Waals surface area contributed by atoms with Crippen molar-refractivity contribution in [3.8, 4) is 0 Å². The van der Waals surface area contributed by atoms with Crippen LogP contribution < -0.4 is 21.1 Å². The van der Waals surface area contributed by atoms with Gasteiger partial charge >= 0.3 is 0 Å². The predicted octanol–water partition coefficient (Wildman–Crippen LogP) is 1.16. The second-order valence-electron chi connectivity index (χ2n) is 14.8. The molecule has 1 aromatic carbocycles. The standard InChI is InChI=1S/C38H65N7O8S/c1-11-25(4)35(44(8)33(48)22-41-38(50)34(24(2)3)43(6)7)30(52-9)19-32(47)45-18-12-13-29(45)36(53-10)26(5)37(49)40-21-31(46)42-54(51)23-28-16-14-27(20-39)15-17-28/h14-17,24-26,29-30,34-36H,11-13,18-23,39H2,1-10H3,(H,40,49)(H,41,50)(H,42,46). The van der Waals surface area contributed by atoms with Gasteiger partial charge < -0.3 is 40.2 Å². The Morgan fingerprint density at radius 1 is 0.963 bits per heavy atom. The third-order valence-corrected chi connectivity index (χ3v) is 11.4. The first-order valence-corrected chi connectivity index (χ1v) is 20.1. The summed E-state index contributed by atoms with van der Waals surface area (Å²) in [7, 11) is 8.34. The molecule has 0 radical (unpaired) electrons. The van der Waals surface area contributed by atoms with E-state index in [4.69, 9.17) is 15.2 Å². The Bertz CT molecular complexity index is 1360. The van der Waals surface area contributed by atoms with Crippen LogP contribution in [0, 0.1) is 17.8 Å². The quantitative estimate of drug-likeness (QED) is 0.124. The molecule has 0 aromatic heterocycles. The van der Waals surface area contributed by atoms with Gasteiger partial charge in [-0.2, -0.15) is 4.72 Å². The summed E-state index contributed by atoms with van der Waals surface area (Å²) in [6, 6.07) is 6.03. The molecular weight excluding hydrogens is 715 g/mol. The maximum absolute atomic E-state index is 14.0. The van der Waals surface area contributed by atoms with Gasteiger partial charge in [0.25, 0.3) is 5.91 Å². The van der Waals surface area contributed by atoms with E-state index in [1.165, 1.54) is 14.2 Å². The molecule has 1 aliphatic heterocycles. The van der Waals surface area contributed by atoms with Crippen LogP contribution in [0.1, 0.15) is 71.4 Å². The van der Waals surface area contributed by atoms with Crippen LogP contribution >= 0.6 is 0 Å². The summed E-state index contributed by atoms with van der Waals surface area (Å²) in [6.07, 6.45) is 0.736. The van der Waals surface area contributed by atoms with Gasteiger partial charge in [0, 0.05) is 39.9 Å². The number of likely N-dealkylation sites (N-methyl/N-ethyl adjacent to an activating group) is 2. The molecule has 1 aliphatic rings. The molecular formula is C38H65N7O8S. The van der Waals surface area contributed by atoms with Crippen LogP contribution in [0.2, 0.25) is 0 Å². The molecule has 0 spiro atoms. The summed E-state index contributed by atoms with van der Waals surface area (Å²) < 4.78 is 26.6. The Morgan fingerprint density at radius 2 is 1.57 bits per heavy atom. The van der Waals surface area contributed by atoms with Crippen LogP contribution in [0.5, 0.6) is 0 Å². The highest BCUT2D eigenvalue weighted by molar-refractivity contribution is 7.89. The van der Waals surface area contributed by atoms with E-state index in [1.54, 1.807) is 35.9 Å². The van der Waals surface area contributed by atoms with E-state index in [2.05, 4.69) is 15.4 Å². The van der Waals surface area contributed by atoms with E-state index in [-0.39, 0.29) is 60.9 Å². The number of hydrogen-bond acceptors (Lipinski definition) is 10. The van der Waals surface area contributed by atoms with Crippen LogP contribution in [-0.2, 0) is 57.1 Å². The predicted molar refractivity (Wildman–Crippen MR) is 209 cm³/mol. The number of methoxy groups -OCH3 is 2. The highest BCUT2D eigenvalue weighted by Gasteiger charge is 2.42. The summed E-state index contributed by atoms with van der Waals surface area (Å²) in [5.74, 6) is -2.33. The lowest BCUT2D eigenvalue weighted by Crippen LogP contribution is -2.55. The molecule has 1 saturated heterocycles. The lowest BCUT2D eigenvalue weighted by Gasteiger charge is -2.39. The number of rotatable bonds is 22. The Balaban J connectivity index is 2.05. The van der Waals surface area contributed by atoms with Crippen molar-refractivity contribution in [1.29, 1.82) is 0 Å². The largest absolute Gasteiger partial charge is 0.593 e. The number of nitrogens with one attached hydrogen (secondary N) is 3. The molecule has 1 heterocycles. The first kappa shape index (κ1) is 46.9. The van der Waals surface area contributed by atoms with Gasteiger partial charge in [-0.25, -0.2) is 0 Å². The van der Waals surface area contributed by atoms with Crippen molar-refractivity contribution in [2.45, 2.75) is 103 Å². The van der Waals surface area contributed by atoms with Crippen LogP contribution in [0.15, 0.2) is 24.3 Å². The second-order valence-corrected chi connectivity index (χ2v) is 16.0. The minimum absolute atomic E-state index is 0.00642. The van der Waals surface area contributed by atoms with E-state index in [1.807, 2.05) is 58.8 Å². The lowest BCUT2D eigenvalue weighted by atomic mass is 9.90. The van der Waals surface area contributed by atoms with Gasteiger partial charge in [-0.3, -0.25) is 28.9 Å². The molecule has 15 nitrogen and oxygen atoms in total. The minimum atomic E-state index is -1.69. The summed E-state index contributed by atoms with van der Waals surface area (Å²) in [5.41, 5.74) is 7.34. The molecule has 1 aromatic rings. The molecule has 0 aliphatic carbocycles. The Labute approximate surface area is 325 Å². The molecule has 16 heteroatoms. The molecule has 8 unspecified atom stereocenters. The smallest absolute Gasteiger partial charge is 0.280 e. The molecule has 0 bridgehead atoms. The lowest BCUT2D eigenvalue weighted by molar-refractivity contribution is -0.146. The molecule has 5 amide bonds. The van der Waals surface area contributed by atoms with Gasteiger partial charge in [0.05, 0.1) is 60.6 Å². The highest BCUT2D eigenvalue weighted by atomic mass is 32.2. The van der Waals surface area contributed by atoms with Crippen molar-refractivity contribution < 1.29 is 38.0 Å². The van der Waals surface area contributed by atoms with Gasteiger partial charge in [0.1, 0.15) is 6.54 Å². The molecule has 0 saturated carbocycles. The van der Waals surface area contributed by atoms with E-state index in [0.29, 0.717) is 25.9 Å². The number of amides is 5. The number of nitrogens with zero attached hydrogens (tertiary/aromatic N) is 3. The van der Waals surface area contributed by atoms with E-state index < -0.39 is 53.4 Å². The maximum Gasteiger partial charge on any atom is 0.280 e. The van der Waals surface area contributed by atoms with Crippen molar-refractivity contribution >= 4 is 40.9 Å². The van der Waals surface area contributed by atoms with Crippen molar-refractivity contribution in [2.24, 2.45) is 23.5 Å². The number of benzene rings is 1. The summed E-state index contributed by atoms with van der Waals surface area (Å²) in [6.45, 7) is 9.90. The summed E-state index contributed by atoms with van der Waals surface area (Å²) >= 11 is -1.69. The first-order valence-electron chi connectivity index (χ1n) is 18.8. The average molecular weight is 780 g/mol. The van der Waals surface area contributed by atoms with Crippen molar-refractivity contribution in [1.82, 2.24) is 30.1 Å². The van der Waals surface area contributed by atoms with Crippen molar-refractivity contribution in [3.05, 3.63) is 35.4 Å². The Hall–Kier alpha value is -3.28. The van der Waals surface area contributed by atoms with Crippen molar-refractivity contribution in [3.63, 3.8) is 0 Å². The third kappa shape index (κ3) is 13.5. The fourth-order valence-corrected chi connectivity index (χ4v) is 8.19. The van der Waals surface area contributed by atoms with Crippen molar-refractivity contribution in [2.75, 3.05) is 55.0 Å². The molecule has 1 fully saturated rings. The van der Waals surface area contributed by atoms with Gasteiger partial charge in [0.2, 0.25) is 23.6 Å². The Kier molecular flexibility index (Phi) is 19.9. The normalized spacial score (nSPS) is 18.3. The molecule has 306 valence electrons. The summed E-state index contributed by atoms with van der Waals surface area (Å²) in [5, 5.41) is 5.40. The van der Waals surface area contributed by atoms with Gasteiger partial charge in [-0.1, -0.05) is 65.3 Å². The van der Waals surface area contributed by atoms with Gasteiger partial charge in [-0.05, 0) is 44.3 Å². The van der Waals surface area contributed by atoms with Gasteiger partial charge in [-0.15, -0.1) is 0 Å². The fraction of sp³-hybridized carbons (Fsp3) is 0.711. The molecule has 5 N–H and O–H groups in total. The Morgan fingerprint density at radius 3 is 2.11 bits per heavy atom. The third-order valence-electron chi connectivity index (χ3n) is 10.4. The number of likely N-dealkylation sites (tertiary alicyclic amines) is 1. The molecule has 2 rings (SSSR count). The van der Waals surface area contributed by atoms with Crippen LogP contribution in [0.3, 0.4) is 0 Å². The van der Waals surface area contributed by atoms with E-state index in [0.717, 1.165) is 17.5 Å². The van der Waals surface area contributed by atoms with E-state index >= 15 is 0 Å². The molecule has 8 atom stereocenters. The zero-order valence-corrected chi connectivity index (χ0v) is 34.7. The number of carbonyl (C=O) groups excluding carboxylic acids is 5. The SMILES string of the molecule is CCC(C)C(C(CC(=O)N1CCCC1C(OC)C(C)C(=O)NCC(=O)N[S+]([O-])Cc1ccc(CN)cc1)OC)N(C)C(=O)CNC(=O)C(C(C)C)N(C)C. The fourth-order valence-electron chi connectivity index (χ4n) is 7.30. The maximum atomic E-state index is 14.0. The summed E-state index contributed by atoms with van der Waals surface area (Å²) in [4.78, 5) is 71.2. The molecule has 54 heavy (non-hydrogen) atoms. The van der Waals surface area contributed by atoms with E-state index in [9.17, 15) is 28.5 Å². The topological polar surface area (TPSA) is 199 Å². The van der Waals surface area contributed by atoms with Crippen LogP contribution in [0.25, 0.3) is 0 Å². The second kappa shape index (κ2) is 22.9. The average Bonchev–Trinajstić information content (AvgIpc) is 3.62. The minimum Gasteiger partial charge on any atom is -0.593 e. The number of ether oxygens (including phenoxy) is 2. The first-order chi connectivity index (χ1) is 25.5. The zero-order valence-electron chi connectivity index (χ0n) is 33.9. The number of carbonyl (C=O) groups is 5. The van der Waals surface area contributed by atoms with Gasteiger partial charge in [0.15, 0.2) is 5.75 Å².